The van der Waals surface area contributed by atoms with Crippen LogP contribution in [0.15, 0.2) is 12.4 Å². The minimum atomic E-state index is -0.109. The van der Waals surface area contributed by atoms with Crippen molar-refractivity contribution in [2.24, 2.45) is 5.92 Å². The number of amides is 1. The van der Waals surface area contributed by atoms with Crippen molar-refractivity contribution in [2.75, 3.05) is 46.2 Å². The highest BCUT2D eigenvalue weighted by atomic mass is 16.2. The van der Waals surface area contributed by atoms with Crippen molar-refractivity contribution in [3.05, 3.63) is 18.1 Å². The summed E-state index contributed by atoms with van der Waals surface area (Å²) in [5, 5.41) is 0. The van der Waals surface area contributed by atoms with Gasteiger partial charge in [-0.25, -0.2) is 4.98 Å². The van der Waals surface area contributed by atoms with E-state index in [0.29, 0.717) is 17.7 Å². The predicted molar refractivity (Wildman–Crippen MR) is 88.1 cm³/mol. The number of carbonyl (C=O) groups is 1. The highest BCUT2D eigenvalue weighted by Crippen LogP contribution is 2.27. The zero-order chi connectivity index (χ0) is 16.3. The molecule has 0 spiro atoms. The van der Waals surface area contributed by atoms with Crippen LogP contribution >= 0.6 is 0 Å². The first-order chi connectivity index (χ1) is 10.4. The van der Waals surface area contributed by atoms with E-state index >= 15 is 0 Å². The molecule has 6 heteroatoms. The van der Waals surface area contributed by atoms with E-state index in [1.165, 1.54) is 23.9 Å². The van der Waals surface area contributed by atoms with Crippen molar-refractivity contribution in [1.29, 1.82) is 0 Å². The number of hydrogen-bond donors (Lipinski definition) is 0. The van der Waals surface area contributed by atoms with Crippen LogP contribution in [-0.2, 0) is 0 Å². The molecule has 122 valence electrons. The highest BCUT2D eigenvalue weighted by Gasteiger charge is 2.34. The van der Waals surface area contributed by atoms with Gasteiger partial charge in [0, 0.05) is 33.2 Å². The topological polar surface area (TPSA) is 52.6 Å². The lowest BCUT2D eigenvalue weighted by atomic mass is 9.98. The van der Waals surface area contributed by atoms with Crippen molar-refractivity contribution in [1.82, 2.24) is 19.8 Å². The fourth-order valence-corrected chi connectivity index (χ4v) is 3.12. The smallest absolute Gasteiger partial charge is 0.273 e. The van der Waals surface area contributed by atoms with E-state index in [-0.39, 0.29) is 5.91 Å². The molecular weight excluding hydrogens is 278 g/mol. The third-order valence-electron chi connectivity index (χ3n) is 4.30. The zero-order valence-corrected chi connectivity index (χ0v) is 14.3. The summed E-state index contributed by atoms with van der Waals surface area (Å²) in [6.07, 6.45) is 5.69. The number of anilines is 1. The van der Waals surface area contributed by atoms with Gasteiger partial charge in [-0.05, 0) is 26.4 Å². The third-order valence-corrected chi connectivity index (χ3v) is 4.30. The van der Waals surface area contributed by atoms with Crippen molar-refractivity contribution in [3.8, 4) is 0 Å². The molecule has 0 unspecified atom stereocenters. The number of carbonyl (C=O) groups excluding carboxylic acids is 1. The molecule has 1 saturated heterocycles. The van der Waals surface area contributed by atoms with Crippen LogP contribution in [0.25, 0.3) is 0 Å². The van der Waals surface area contributed by atoms with Crippen LogP contribution in [0.2, 0.25) is 0 Å². The molecule has 22 heavy (non-hydrogen) atoms. The molecule has 1 fully saturated rings. The molecule has 0 saturated carbocycles. The normalized spacial score (nSPS) is 21.5. The molecule has 0 aliphatic carbocycles. The molecule has 1 aliphatic heterocycles. The molecule has 1 aromatic rings. The van der Waals surface area contributed by atoms with Gasteiger partial charge < -0.3 is 14.7 Å². The molecule has 6 nitrogen and oxygen atoms in total. The molecule has 1 aliphatic rings. The van der Waals surface area contributed by atoms with Crippen molar-refractivity contribution in [3.63, 3.8) is 0 Å². The molecule has 0 N–H and O–H groups in total. The lowest BCUT2D eigenvalue weighted by Crippen LogP contribution is -2.35. The molecule has 0 aromatic carbocycles. The van der Waals surface area contributed by atoms with Crippen molar-refractivity contribution >= 4 is 11.7 Å². The highest BCUT2D eigenvalue weighted by molar-refractivity contribution is 5.91. The van der Waals surface area contributed by atoms with E-state index in [4.69, 9.17) is 0 Å². The Kier molecular flexibility index (Phi) is 5.34. The summed E-state index contributed by atoms with van der Waals surface area (Å²) in [4.78, 5) is 26.9. The van der Waals surface area contributed by atoms with E-state index in [0.717, 1.165) is 18.9 Å². The van der Waals surface area contributed by atoms with E-state index in [1.54, 1.807) is 20.3 Å². The van der Waals surface area contributed by atoms with Crippen LogP contribution < -0.4 is 4.90 Å². The summed E-state index contributed by atoms with van der Waals surface area (Å²) in [6, 6.07) is 0.523. The number of rotatable bonds is 5. The number of aromatic nitrogens is 2. The van der Waals surface area contributed by atoms with Gasteiger partial charge in [0.2, 0.25) is 0 Å². The van der Waals surface area contributed by atoms with Crippen LogP contribution in [0.5, 0.6) is 0 Å². The monoisotopic (exact) mass is 305 g/mol. The maximum atomic E-state index is 12.0. The second-order valence-corrected chi connectivity index (χ2v) is 6.45. The van der Waals surface area contributed by atoms with Crippen LogP contribution in [-0.4, -0.2) is 73.0 Å². The SMILES string of the molecule is CCC[C@@H]1CN(c2cncc(C(=O)N(C)C)n2)C[C@H]1N(C)C. The van der Waals surface area contributed by atoms with Gasteiger partial charge in [-0.1, -0.05) is 13.3 Å². The van der Waals surface area contributed by atoms with Gasteiger partial charge in [-0.3, -0.25) is 9.78 Å². The third kappa shape index (κ3) is 3.55. The fourth-order valence-electron chi connectivity index (χ4n) is 3.12. The molecule has 0 radical (unpaired) electrons. The lowest BCUT2D eigenvalue weighted by Gasteiger charge is -2.24. The van der Waals surface area contributed by atoms with Crippen LogP contribution in [0.3, 0.4) is 0 Å². The maximum absolute atomic E-state index is 12.0. The quantitative estimate of drug-likeness (QED) is 0.822. The average Bonchev–Trinajstić information content (AvgIpc) is 2.91. The minimum absolute atomic E-state index is 0.109. The Morgan fingerprint density at radius 3 is 2.59 bits per heavy atom. The van der Waals surface area contributed by atoms with Crippen molar-refractivity contribution < 1.29 is 4.79 Å². The lowest BCUT2D eigenvalue weighted by molar-refractivity contribution is 0.0821. The summed E-state index contributed by atoms with van der Waals surface area (Å²) in [5.41, 5.74) is 0.405. The molecule has 2 atom stereocenters. The Labute approximate surface area is 133 Å². The molecule has 1 amide bonds. The van der Waals surface area contributed by atoms with Crippen molar-refractivity contribution in [2.45, 2.75) is 25.8 Å². The minimum Gasteiger partial charge on any atom is -0.353 e. The largest absolute Gasteiger partial charge is 0.353 e. The Morgan fingerprint density at radius 2 is 2.00 bits per heavy atom. The average molecular weight is 305 g/mol. The fraction of sp³-hybridized carbons (Fsp3) is 0.688. The Balaban J connectivity index is 2.18. The van der Waals surface area contributed by atoms with Gasteiger partial charge in [0.05, 0.1) is 12.4 Å². The molecule has 1 aromatic heterocycles. The molecule has 2 rings (SSSR count). The summed E-state index contributed by atoms with van der Waals surface area (Å²) in [7, 11) is 7.72. The summed E-state index contributed by atoms with van der Waals surface area (Å²) in [5.74, 6) is 1.33. The summed E-state index contributed by atoms with van der Waals surface area (Å²) >= 11 is 0. The first-order valence-electron chi connectivity index (χ1n) is 7.89. The maximum Gasteiger partial charge on any atom is 0.273 e. The second-order valence-electron chi connectivity index (χ2n) is 6.45. The van der Waals surface area contributed by atoms with Gasteiger partial charge in [0.15, 0.2) is 0 Å². The zero-order valence-electron chi connectivity index (χ0n) is 14.3. The van der Waals surface area contributed by atoms with Gasteiger partial charge >= 0.3 is 0 Å². The predicted octanol–water partition coefficient (Wildman–Crippen LogP) is 1.34. The Hall–Kier alpha value is -1.69. The summed E-state index contributed by atoms with van der Waals surface area (Å²) in [6.45, 7) is 4.14. The standard InChI is InChI=1S/C16H27N5O/c1-6-7-12-10-21(11-14(12)19(2)3)15-9-17-8-13(18-15)16(22)20(4)5/h8-9,12,14H,6-7,10-11H2,1-5H3/t12-,14-/m1/s1. The first kappa shape index (κ1) is 16.7. The molecule has 0 bridgehead atoms. The van der Waals surface area contributed by atoms with E-state index in [9.17, 15) is 4.79 Å². The van der Waals surface area contributed by atoms with Crippen LogP contribution in [0.4, 0.5) is 5.82 Å². The van der Waals surface area contributed by atoms with Gasteiger partial charge in [0.25, 0.3) is 5.91 Å². The van der Waals surface area contributed by atoms with Crippen LogP contribution in [0, 0.1) is 5.92 Å². The van der Waals surface area contributed by atoms with Gasteiger partial charge in [-0.15, -0.1) is 0 Å². The van der Waals surface area contributed by atoms with E-state index in [1.807, 2.05) is 0 Å². The van der Waals surface area contributed by atoms with Crippen LogP contribution in [0.1, 0.15) is 30.3 Å². The number of likely N-dealkylation sites (N-methyl/N-ethyl adjacent to an activating group) is 1. The number of nitrogens with zero attached hydrogens (tertiary/aromatic N) is 5. The number of hydrogen-bond acceptors (Lipinski definition) is 5. The molecule has 2 heterocycles. The first-order valence-corrected chi connectivity index (χ1v) is 7.89. The van der Waals surface area contributed by atoms with Gasteiger partial charge in [0.1, 0.15) is 11.5 Å². The van der Waals surface area contributed by atoms with Gasteiger partial charge in [-0.2, -0.15) is 0 Å². The van der Waals surface area contributed by atoms with E-state index < -0.39 is 0 Å². The Morgan fingerprint density at radius 1 is 1.27 bits per heavy atom. The van der Waals surface area contributed by atoms with E-state index in [2.05, 4.69) is 40.8 Å². The summed E-state index contributed by atoms with van der Waals surface area (Å²) < 4.78 is 0. The second kappa shape index (κ2) is 7.05. The Bertz CT molecular complexity index is 517. The molecular formula is C16H27N5O.